The van der Waals surface area contributed by atoms with E-state index in [-0.39, 0.29) is 11.0 Å². The predicted octanol–water partition coefficient (Wildman–Crippen LogP) is 1.56. The topological polar surface area (TPSA) is 108 Å². The molecule has 1 rings (SSSR count). The molecule has 0 aliphatic carbocycles. The van der Waals surface area contributed by atoms with Crippen molar-refractivity contribution < 1.29 is 4.79 Å². The van der Waals surface area contributed by atoms with Gasteiger partial charge in [-0.2, -0.15) is 5.26 Å². The molecule has 0 aliphatic rings. The van der Waals surface area contributed by atoms with Crippen LogP contribution in [0.5, 0.6) is 0 Å². The van der Waals surface area contributed by atoms with E-state index >= 15 is 0 Å². The van der Waals surface area contributed by atoms with Gasteiger partial charge >= 0.3 is 6.03 Å². The first-order chi connectivity index (χ1) is 8.49. The first kappa shape index (κ1) is 13.8. The van der Waals surface area contributed by atoms with Gasteiger partial charge in [-0.05, 0) is 25.1 Å². The van der Waals surface area contributed by atoms with Crippen LogP contribution in [0.1, 0.15) is 12.5 Å². The number of carbonyl (C=O) groups is 1. The number of aliphatic imine (C=N–C) groups is 1. The molecule has 0 fully saturated rings. The fourth-order valence-electron chi connectivity index (χ4n) is 1.28. The molecule has 0 heterocycles. The smallest absolute Gasteiger partial charge is 0.321 e. The van der Waals surface area contributed by atoms with Crippen molar-refractivity contribution in [2.45, 2.75) is 6.92 Å². The van der Waals surface area contributed by atoms with Crippen molar-refractivity contribution in [3.63, 3.8) is 0 Å². The standard InChI is InChI=1S/C11H12ClN5O/c1-2-17(11(15)18)10(14)16-9-4-3-7(6-13)5-8(9)12/h3-5H,2H2,1H3,(H2,14,16)(H2,15,18). The van der Waals surface area contributed by atoms with Crippen LogP contribution in [0.4, 0.5) is 10.5 Å². The number of carbonyl (C=O) groups excluding carboxylic acids is 1. The van der Waals surface area contributed by atoms with E-state index in [2.05, 4.69) is 4.99 Å². The van der Waals surface area contributed by atoms with Gasteiger partial charge in [0.1, 0.15) is 0 Å². The highest BCUT2D eigenvalue weighted by Crippen LogP contribution is 2.25. The van der Waals surface area contributed by atoms with Gasteiger partial charge in [0.25, 0.3) is 0 Å². The summed E-state index contributed by atoms with van der Waals surface area (Å²) in [6.07, 6.45) is 0. The lowest BCUT2D eigenvalue weighted by atomic mass is 10.2. The van der Waals surface area contributed by atoms with Crippen molar-refractivity contribution in [3.8, 4) is 6.07 Å². The third kappa shape index (κ3) is 3.12. The fraction of sp³-hybridized carbons (Fsp3) is 0.182. The quantitative estimate of drug-likeness (QED) is 0.625. The highest BCUT2D eigenvalue weighted by molar-refractivity contribution is 6.33. The van der Waals surface area contributed by atoms with Crippen molar-refractivity contribution in [1.29, 1.82) is 5.26 Å². The Morgan fingerprint density at radius 2 is 2.22 bits per heavy atom. The van der Waals surface area contributed by atoms with Gasteiger partial charge in [0.05, 0.1) is 22.3 Å². The summed E-state index contributed by atoms with van der Waals surface area (Å²) in [7, 11) is 0. The third-order valence-corrected chi connectivity index (χ3v) is 2.47. The molecule has 0 unspecified atom stereocenters. The van der Waals surface area contributed by atoms with Gasteiger partial charge in [-0.15, -0.1) is 0 Å². The minimum atomic E-state index is -0.691. The van der Waals surface area contributed by atoms with Gasteiger partial charge in [-0.3, -0.25) is 4.90 Å². The summed E-state index contributed by atoms with van der Waals surface area (Å²) < 4.78 is 0. The van der Waals surface area contributed by atoms with E-state index < -0.39 is 6.03 Å². The molecule has 0 atom stereocenters. The molecule has 6 nitrogen and oxygen atoms in total. The summed E-state index contributed by atoms with van der Waals surface area (Å²) in [6, 6.07) is 5.83. The summed E-state index contributed by atoms with van der Waals surface area (Å²) in [6.45, 7) is 2.02. The minimum absolute atomic E-state index is 0.0448. The lowest BCUT2D eigenvalue weighted by Gasteiger charge is -2.16. The molecule has 1 aromatic carbocycles. The summed E-state index contributed by atoms with van der Waals surface area (Å²) in [5.74, 6) is -0.0448. The summed E-state index contributed by atoms with van der Waals surface area (Å²) in [5, 5.41) is 8.97. The Morgan fingerprint density at radius 1 is 1.56 bits per heavy atom. The van der Waals surface area contributed by atoms with E-state index in [1.807, 2.05) is 6.07 Å². The zero-order chi connectivity index (χ0) is 13.7. The zero-order valence-electron chi connectivity index (χ0n) is 9.72. The largest absolute Gasteiger partial charge is 0.369 e. The van der Waals surface area contributed by atoms with E-state index in [1.54, 1.807) is 19.1 Å². The number of rotatable bonds is 2. The van der Waals surface area contributed by atoms with Gasteiger partial charge < -0.3 is 11.5 Å². The van der Waals surface area contributed by atoms with Crippen LogP contribution >= 0.6 is 11.6 Å². The number of nitriles is 1. The van der Waals surface area contributed by atoms with Gasteiger partial charge in [0.2, 0.25) is 5.96 Å². The third-order valence-electron chi connectivity index (χ3n) is 2.17. The highest BCUT2D eigenvalue weighted by atomic mass is 35.5. The lowest BCUT2D eigenvalue weighted by molar-refractivity contribution is 0.231. The Labute approximate surface area is 109 Å². The molecule has 0 bridgehead atoms. The van der Waals surface area contributed by atoms with Crippen LogP contribution in [0, 0.1) is 11.3 Å². The van der Waals surface area contributed by atoms with Crippen molar-refractivity contribution >= 4 is 29.3 Å². The van der Waals surface area contributed by atoms with Crippen molar-refractivity contribution in [1.82, 2.24) is 4.90 Å². The van der Waals surface area contributed by atoms with Crippen LogP contribution < -0.4 is 11.5 Å². The first-order valence-electron chi connectivity index (χ1n) is 5.10. The molecule has 94 valence electrons. The zero-order valence-corrected chi connectivity index (χ0v) is 10.5. The van der Waals surface area contributed by atoms with Crippen molar-refractivity contribution in [2.75, 3.05) is 6.54 Å². The predicted molar refractivity (Wildman–Crippen MR) is 69.4 cm³/mol. The number of nitrogens with zero attached hydrogens (tertiary/aromatic N) is 3. The molecule has 4 N–H and O–H groups in total. The molecule has 0 aliphatic heterocycles. The van der Waals surface area contributed by atoms with Crippen LogP contribution in [-0.2, 0) is 0 Å². The van der Waals surface area contributed by atoms with E-state index in [4.69, 9.17) is 28.3 Å². The molecule has 18 heavy (non-hydrogen) atoms. The van der Waals surface area contributed by atoms with E-state index in [9.17, 15) is 4.79 Å². The Bertz CT molecular complexity index is 535. The van der Waals surface area contributed by atoms with Crippen LogP contribution in [0.2, 0.25) is 5.02 Å². The molecule has 0 radical (unpaired) electrons. The van der Waals surface area contributed by atoms with Crippen LogP contribution in [0.15, 0.2) is 23.2 Å². The molecule has 7 heteroatoms. The Kier molecular flexibility index (Phi) is 4.52. The Morgan fingerprint density at radius 3 is 2.67 bits per heavy atom. The summed E-state index contributed by atoms with van der Waals surface area (Å²) in [4.78, 5) is 16.2. The number of hydrogen-bond donors (Lipinski definition) is 2. The number of halogens is 1. The normalized spacial score (nSPS) is 10.8. The van der Waals surface area contributed by atoms with E-state index in [0.29, 0.717) is 17.8 Å². The molecule has 2 amide bonds. The van der Waals surface area contributed by atoms with Gasteiger partial charge in [0.15, 0.2) is 0 Å². The monoisotopic (exact) mass is 265 g/mol. The average Bonchev–Trinajstić information content (AvgIpc) is 2.32. The number of guanidine groups is 1. The van der Waals surface area contributed by atoms with Crippen LogP contribution in [-0.4, -0.2) is 23.4 Å². The number of hydrogen-bond acceptors (Lipinski definition) is 3. The average molecular weight is 266 g/mol. The number of urea groups is 1. The van der Waals surface area contributed by atoms with E-state index in [1.165, 1.54) is 6.07 Å². The fourth-order valence-corrected chi connectivity index (χ4v) is 1.50. The second kappa shape index (κ2) is 5.89. The first-order valence-corrected chi connectivity index (χ1v) is 5.48. The second-order valence-electron chi connectivity index (χ2n) is 3.33. The number of primary amides is 1. The van der Waals surface area contributed by atoms with E-state index in [0.717, 1.165) is 4.90 Å². The highest BCUT2D eigenvalue weighted by Gasteiger charge is 2.12. The molecular weight excluding hydrogens is 254 g/mol. The molecular formula is C11H12ClN5O. The Balaban J connectivity index is 3.09. The lowest BCUT2D eigenvalue weighted by Crippen LogP contribution is -2.44. The van der Waals surface area contributed by atoms with Gasteiger partial charge in [-0.25, -0.2) is 9.79 Å². The molecule has 0 saturated heterocycles. The minimum Gasteiger partial charge on any atom is -0.369 e. The Hall–Kier alpha value is -2.26. The SMILES string of the molecule is CCN(C(N)=O)C(N)=Nc1ccc(C#N)cc1Cl. The van der Waals surface area contributed by atoms with Gasteiger partial charge in [0, 0.05) is 6.54 Å². The molecule has 1 aromatic rings. The summed E-state index contributed by atoms with van der Waals surface area (Å²) in [5.41, 5.74) is 11.6. The van der Waals surface area contributed by atoms with Gasteiger partial charge in [-0.1, -0.05) is 11.6 Å². The maximum absolute atomic E-state index is 11.1. The van der Waals surface area contributed by atoms with Crippen LogP contribution in [0.25, 0.3) is 0 Å². The maximum atomic E-state index is 11.1. The second-order valence-corrected chi connectivity index (χ2v) is 3.74. The molecule has 0 aromatic heterocycles. The number of benzene rings is 1. The van der Waals surface area contributed by atoms with Crippen LogP contribution in [0.3, 0.4) is 0 Å². The number of nitrogens with two attached hydrogens (primary N) is 2. The number of amides is 2. The van der Waals surface area contributed by atoms with Crippen molar-refractivity contribution in [3.05, 3.63) is 28.8 Å². The summed E-state index contributed by atoms with van der Waals surface area (Å²) >= 11 is 5.93. The maximum Gasteiger partial charge on any atom is 0.321 e. The molecule has 0 saturated carbocycles. The molecule has 0 spiro atoms. The van der Waals surface area contributed by atoms with Crippen molar-refractivity contribution in [2.24, 2.45) is 16.5 Å².